The number of nitrogens with one attached hydrogen (secondary N) is 1. The van der Waals surface area contributed by atoms with E-state index in [4.69, 9.17) is 9.73 Å². The highest BCUT2D eigenvalue weighted by atomic mass is 16.5. The Hall–Kier alpha value is -3.55. The zero-order chi connectivity index (χ0) is 24.8. The summed E-state index contributed by atoms with van der Waals surface area (Å²) in [6.45, 7) is 8.03. The average Bonchev–Trinajstić information content (AvgIpc) is 2.89. The van der Waals surface area contributed by atoms with Crippen LogP contribution in [-0.4, -0.2) is 73.4 Å². The first kappa shape index (κ1) is 22.9. The maximum absolute atomic E-state index is 13.7. The lowest BCUT2D eigenvalue weighted by atomic mass is 9.72. The Balaban J connectivity index is 1.33. The van der Waals surface area contributed by atoms with Crippen molar-refractivity contribution in [3.63, 3.8) is 0 Å². The molecule has 1 unspecified atom stereocenters. The molecule has 184 valence electrons. The number of nitrogens with zero attached hydrogens (tertiary/aromatic N) is 3. The normalized spacial score (nSPS) is 21.6. The number of benzene rings is 2. The number of aliphatic imine (C=N–C) groups is 1. The lowest BCUT2D eigenvalue weighted by Gasteiger charge is -2.34. The molecule has 2 aromatic rings. The molecule has 1 N–H and O–H groups in total. The summed E-state index contributed by atoms with van der Waals surface area (Å²) >= 11 is 0. The lowest BCUT2D eigenvalue weighted by molar-refractivity contribution is 0.0908. The number of ether oxygens (including phenoxy) is 1. The van der Waals surface area contributed by atoms with Crippen molar-refractivity contribution in [2.75, 3.05) is 46.3 Å². The number of hydrogen-bond acceptors (Lipinski definition) is 7. The molecule has 0 spiro atoms. The molecule has 2 aliphatic carbocycles. The molecule has 1 fully saturated rings. The van der Waals surface area contributed by atoms with Gasteiger partial charge in [-0.05, 0) is 44.6 Å². The van der Waals surface area contributed by atoms with Gasteiger partial charge in [0.05, 0.1) is 11.6 Å². The minimum atomic E-state index is -0.776. The second-order valence-corrected chi connectivity index (χ2v) is 10.0. The van der Waals surface area contributed by atoms with Crippen LogP contribution in [0.15, 0.2) is 70.6 Å². The summed E-state index contributed by atoms with van der Waals surface area (Å²) in [7, 11) is 2.16. The molecule has 0 bridgehead atoms. The highest BCUT2D eigenvalue weighted by Gasteiger charge is 2.46. The van der Waals surface area contributed by atoms with Crippen LogP contribution in [0.5, 0.6) is 5.75 Å². The van der Waals surface area contributed by atoms with Crippen LogP contribution in [0, 0.1) is 12.8 Å². The quantitative estimate of drug-likeness (QED) is 0.658. The minimum absolute atomic E-state index is 0.111. The van der Waals surface area contributed by atoms with Gasteiger partial charge in [-0.15, -0.1) is 0 Å². The van der Waals surface area contributed by atoms with Crippen molar-refractivity contribution in [3.05, 3.63) is 82.3 Å². The van der Waals surface area contributed by atoms with Gasteiger partial charge in [0.2, 0.25) is 0 Å². The first-order valence-electron chi connectivity index (χ1n) is 12.7. The van der Waals surface area contributed by atoms with Gasteiger partial charge in [0.15, 0.2) is 23.1 Å². The van der Waals surface area contributed by atoms with Crippen LogP contribution < -0.4 is 10.1 Å². The first-order valence-corrected chi connectivity index (χ1v) is 12.7. The number of likely N-dealkylation sites (N-methyl/N-ethyl adjacent to an activating group) is 1. The van der Waals surface area contributed by atoms with Gasteiger partial charge in [-0.25, -0.2) is 4.99 Å². The molecular weight excluding hydrogens is 452 g/mol. The third-order valence-electron chi connectivity index (χ3n) is 7.46. The van der Waals surface area contributed by atoms with E-state index >= 15 is 0 Å². The van der Waals surface area contributed by atoms with Gasteiger partial charge in [0.1, 0.15) is 5.69 Å². The molecule has 2 heterocycles. The van der Waals surface area contributed by atoms with E-state index in [1.54, 1.807) is 24.3 Å². The number of piperazine rings is 1. The van der Waals surface area contributed by atoms with Crippen molar-refractivity contribution in [1.29, 1.82) is 0 Å². The number of allylic oxidation sites excluding steroid dienone is 3. The summed E-state index contributed by atoms with van der Waals surface area (Å²) in [6.07, 6.45) is 2.79. The van der Waals surface area contributed by atoms with Crippen molar-refractivity contribution in [3.8, 4) is 5.75 Å². The molecule has 6 rings (SSSR count). The Morgan fingerprint density at radius 3 is 2.64 bits per heavy atom. The third kappa shape index (κ3) is 3.98. The van der Waals surface area contributed by atoms with Crippen molar-refractivity contribution in [2.45, 2.75) is 13.3 Å². The number of rotatable bonds is 5. The fourth-order valence-electron chi connectivity index (χ4n) is 5.41. The van der Waals surface area contributed by atoms with E-state index in [-0.39, 0.29) is 11.6 Å². The Kier molecular flexibility index (Phi) is 5.82. The third-order valence-corrected chi connectivity index (χ3v) is 7.46. The van der Waals surface area contributed by atoms with E-state index in [0.717, 1.165) is 44.7 Å². The maximum Gasteiger partial charge on any atom is 0.192 e. The van der Waals surface area contributed by atoms with E-state index in [1.165, 1.54) is 0 Å². The fourth-order valence-corrected chi connectivity index (χ4v) is 5.41. The van der Waals surface area contributed by atoms with Gasteiger partial charge in [-0.2, -0.15) is 0 Å². The van der Waals surface area contributed by atoms with Crippen LogP contribution in [0.3, 0.4) is 0 Å². The van der Waals surface area contributed by atoms with Gasteiger partial charge in [-0.1, -0.05) is 30.3 Å². The number of carbonyl (C=O) groups excluding carboxylic acids is 2. The molecule has 36 heavy (non-hydrogen) atoms. The Labute approximate surface area is 211 Å². The summed E-state index contributed by atoms with van der Waals surface area (Å²) in [5, 5.41) is 3.48. The number of carbonyl (C=O) groups is 2. The van der Waals surface area contributed by atoms with Crippen molar-refractivity contribution >= 4 is 23.0 Å². The van der Waals surface area contributed by atoms with Gasteiger partial charge >= 0.3 is 0 Å². The average molecular weight is 483 g/mol. The Morgan fingerprint density at radius 2 is 1.83 bits per heavy atom. The topological polar surface area (TPSA) is 74.2 Å². The standard InChI is InChI=1S/C29H30N4O3/c1-18-8-9-21-23(16-18)36-24-17-22(30-10-5-11-33-14-12-32(2)13-15-33)25-26(27(24)31-21)29(35)20-7-4-3-6-19(20)28(25)34/h3-4,6-9,16-17,26,30H,5,10-15H2,1-2H3. The Bertz CT molecular complexity index is 1350. The van der Waals surface area contributed by atoms with E-state index < -0.39 is 5.92 Å². The van der Waals surface area contributed by atoms with Crippen LogP contribution in [0.4, 0.5) is 5.69 Å². The molecular formula is C29H30N4O3. The summed E-state index contributed by atoms with van der Waals surface area (Å²) in [5.41, 5.74) is 4.29. The van der Waals surface area contributed by atoms with Gasteiger partial charge in [-0.3, -0.25) is 9.59 Å². The first-order chi connectivity index (χ1) is 17.5. The predicted octanol–water partition coefficient (Wildman–Crippen LogP) is 3.53. The van der Waals surface area contributed by atoms with Crippen LogP contribution >= 0.6 is 0 Å². The van der Waals surface area contributed by atoms with E-state index in [2.05, 4.69) is 22.2 Å². The summed E-state index contributed by atoms with van der Waals surface area (Å²) in [4.78, 5) is 37.1. The van der Waals surface area contributed by atoms with Gasteiger partial charge in [0.25, 0.3) is 0 Å². The lowest BCUT2D eigenvalue weighted by Crippen LogP contribution is -2.45. The van der Waals surface area contributed by atoms with E-state index in [9.17, 15) is 9.59 Å². The smallest absolute Gasteiger partial charge is 0.192 e. The SMILES string of the molecule is Cc1ccc2c(c1)OC1=CC(NCCCN3CCN(C)CC3)=C3C(=O)c4ccccc4C(=O)C3C1=N2. The van der Waals surface area contributed by atoms with Crippen LogP contribution in [-0.2, 0) is 0 Å². The van der Waals surface area contributed by atoms with Crippen LogP contribution in [0.1, 0.15) is 32.7 Å². The summed E-state index contributed by atoms with van der Waals surface area (Å²) in [5.74, 6) is 0.189. The monoisotopic (exact) mass is 482 g/mol. The molecule has 2 aromatic carbocycles. The maximum atomic E-state index is 13.7. The van der Waals surface area contributed by atoms with Crippen LogP contribution in [0.2, 0.25) is 0 Å². The molecule has 2 aliphatic heterocycles. The largest absolute Gasteiger partial charge is 0.453 e. The number of aryl methyl sites for hydroxylation is 1. The molecule has 0 aromatic heterocycles. The van der Waals surface area contributed by atoms with E-state index in [1.807, 2.05) is 31.2 Å². The molecule has 7 nitrogen and oxygen atoms in total. The number of fused-ring (bicyclic) bond motifs is 5. The predicted molar refractivity (Wildman–Crippen MR) is 139 cm³/mol. The summed E-state index contributed by atoms with van der Waals surface area (Å²) < 4.78 is 6.26. The highest BCUT2D eigenvalue weighted by Crippen LogP contribution is 2.43. The second-order valence-electron chi connectivity index (χ2n) is 10.0. The number of Topliss-reactive ketones (excluding diaryl/α,β-unsaturated/α-hetero) is 2. The molecule has 1 saturated heterocycles. The fraction of sp³-hybridized carbons (Fsp3) is 0.345. The molecule has 0 radical (unpaired) electrons. The molecule has 0 amide bonds. The molecule has 4 aliphatic rings. The minimum Gasteiger partial charge on any atom is -0.453 e. The van der Waals surface area contributed by atoms with Crippen molar-refractivity contribution in [1.82, 2.24) is 15.1 Å². The van der Waals surface area contributed by atoms with Crippen molar-refractivity contribution in [2.24, 2.45) is 10.9 Å². The highest BCUT2D eigenvalue weighted by molar-refractivity contribution is 6.33. The van der Waals surface area contributed by atoms with E-state index in [0.29, 0.717) is 51.8 Å². The number of ketones is 2. The molecule has 0 saturated carbocycles. The molecule has 1 atom stereocenters. The summed E-state index contributed by atoms with van der Waals surface area (Å²) in [6, 6.07) is 12.9. The Morgan fingerprint density at radius 1 is 1.06 bits per heavy atom. The zero-order valence-electron chi connectivity index (χ0n) is 20.7. The van der Waals surface area contributed by atoms with Crippen LogP contribution in [0.25, 0.3) is 0 Å². The van der Waals surface area contributed by atoms with Gasteiger partial charge in [0, 0.05) is 61.2 Å². The van der Waals surface area contributed by atoms with Crippen molar-refractivity contribution < 1.29 is 14.3 Å². The molecule has 7 heteroatoms. The second kappa shape index (κ2) is 9.15. The van der Waals surface area contributed by atoms with Gasteiger partial charge < -0.3 is 19.9 Å². The number of hydrogen-bond donors (Lipinski definition) is 1. The zero-order valence-corrected chi connectivity index (χ0v) is 20.7.